The summed E-state index contributed by atoms with van der Waals surface area (Å²) < 4.78 is 7.40. The van der Waals surface area contributed by atoms with E-state index >= 15 is 0 Å². The highest BCUT2D eigenvalue weighted by molar-refractivity contribution is 8.01. The van der Waals surface area contributed by atoms with Gasteiger partial charge in [-0.05, 0) is 42.5 Å². The Hall–Kier alpha value is -1.36. The number of methoxy groups -OCH3 is 1. The maximum atomic E-state index is 6.22. The predicted octanol–water partition coefficient (Wildman–Crippen LogP) is 5.30. The first-order valence-corrected chi connectivity index (χ1v) is 7.98. The van der Waals surface area contributed by atoms with Gasteiger partial charge in [-0.1, -0.05) is 23.4 Å². The molecule has 0 aliphatic rings. The lowest BCUT2D eigenvalue weighted by Crippen LogP contribution is -1.84. The largest absolute Gasteiger partial charge is 0.497 e. The van der Waals surface area contributed by atoms with Crippen molar-refractivity contribution in [2.45, 2.75) is 9.10 Å². The Morgan fingerprint density at radius 1 is 1.15 bits per heavy atom. The molecule has 0 unspecified atom stereocenters. The van der Waals surface area contributed by atoms with Crippen molar-refractivity contribution >= 4 is 50.5 Å². The lowest BCUT2D eigenvalue weighted by atomic mass is 10.2. The zero-order valence-corrected chi connectivity index (χ0v) is 13.1. The van der Waals surface area contributed by atoms with Gasteiger partial charge in [0.05, 0.1) is 17.0 Å². The average Bonchev–Trinajstić information content (AvgIpc) is 2.76. The van der Waals surface area contributed by atoms with Crippen molar-refractivity contribution in [2.75, 3.05) is 12.8 Å². The van der Waals surface area contributed by atoms with Crippen molar-refractivity contribution in [1.82, 2.24) is 0 Å². The van der Waals surface area contributed by atoms with Crippen LogP contribution in [-0.4, -0.2) is 7.11 Å². The van der Waals surface area contributed by atoms with Gasteiger partial charge in [0.2, 0.25) is 0 Å². The maximum Gasteiger partial charge on any atom is 0.118 e. The molecule has 0 bridgehead atoms. The van der Waals surface area contributed by atoms with Crippen LogP contribution >= 0.6 is 34.7 Å². The molecule has 0 saturated carbocycles. The minimum Gasteiger partial charge on any atom is -0.497 e. The van der Waals surface area contributed by atoms with E-state index in [1.807, 2.05) is 42.5 Å². The molecule has 102 valence electrons. The molecule has 1 heterocycles. The maximum absolute atomic E-state index is 6.22. The number of nitrogen functional groups attached to an aromatic ring is 1. The Balaban J connectivity index is 1.95. The summed E-state index contributed by atoms with van der Waals surface area (Å²) in [6, 6.07) is 13.8. The molecular formula is C15H12ClNOS2. The summed E-state index contributed by atoms with van der Waals surface area (Å²) >= 11 is 9.37. The Labute approximate surface area is 130 Å². The third kappa shape index (κ3) is 2.59. The summed E-state index contributed by atoms with van der Waals surface area (Å²) in [4.78, 5) is 1.13. The van der Waals surface area contributed by atoms with E-state index < -0.39 is 0 Å². The summed E-state index contributed by atoms with van der Waals surface area (Å²) in [5, 5.41) is 1.74. The molecule has 2 N–H and O–H groups in total. The van der Waals surface area contributed by atoms with Crippen LogP contribution in [0, 0.1) is 0 Å². The van der Waals surface area contributed by atoms with Gasteiger partial charge in [0.1, 0.15) is 5.75 Å². The highest BCUT2D eigenvalue weighted by atomic mass is 35.5. The average molecular weight is 322 g/mol. The Kier molecular flexibility index (Phi) is 3.78. The number of ether oxygens (including phenoxy) is 1. The highest BCUT2D eigenvalue weighted by Gasteiger charge is 2.11. The molecule has 0 aliphatic heterocycles. The Morgan fingerprint density at radius 2 is 1.90 bits per heavy atom. The summed E-state index contributed by atoms with van der Waals surface area (Å²) in [6.45, 7) is 0. The first-order chi connectivity index (χ1) is 9.67. The van der Waals surface area contributed by atoms with Gasteiger partial charge >= 0.3 is 0 Å². The van der Waals surface area contributed by atoms with Crippen LogP contribution in [-0.2, 0) is 0 Å². The molecule has 3 rings (SSSR count). The third-order valence-corrected chi connectivity index (χ3v) is 5.55. The Morgan fingerprint density at radius 3 is 2.60 bits per heavy atom. The quantitative estimate of drug-likeness (QED) is 0.711. The molecule has 0 atom stereocenters. The molecule has 0 aliphatic carbocycles. The smallest absolute Gasteiger partial charge is 0.118 e. The number of hydrogen-bond acceptors (Lipinski definition) is 4. The van der Waals surface area contributed by atoms with Crippen molar-refractivity contribution in [3.05, 3.63) is 47.5 Å². The number of fused-ring (bicyclic) bond motifs is 1. The fraction of sp³-hybridized carbons (Fsp3) is 0.0667. The van der Waals surface area contributed by atoms with Crippen LogP contribution in [0.25, 0.3) is 10.1 Å². The molecule has 1 aromatic heterocycles. The van der Waals surface area contributed by atoms with Gasteiger partial charge in [0, 0.05) is 20.0 Å². The predicted molar refractivity (Wildman–Crippen MR) is 88.4 cm³/mol. The van der Waals surface area contributed by atoms with Crippen molar-refractivity contribution in [2.24, 2.45) is 0 Å². The number of halogens is 1. The molecule has 5 heteroatoms. The van der Waals surface area contributed by atoms with Crippen LogP contribution in [0.5, 0.6) is 5.75 Å². The minimum atomic E-state index is 0.711. The van der Waals surface area contributed by atoms with Crippen LogP contribution in [0.2, 0.25) is 5.02 Å². The fourth-order valence-corrected chi connectivity index (χ4v) is 4.33. The SMILES string of the molecule is COc1ccc(Sc2sc3ccc(Cl)cc3c2N)cc1. The number of benzene rings is 2. The van der Waals surface area contributed by atoms with E-state index in [9.17, 15) is 0 Å². The van der Waals surface area contributed by atoms with Crippen LogP contribution in [0.1, 0.15) is 0 Å². The monoisotopic (exact) mass is 321 g/mol. The van der Waals surface area contributed by atoms with Gasteiger partial charge in [-0.25, -0.2) is 0 Å². The van der Waals surface area contributed by atoms with Crippen LogP contribution in [0.15, 0.2) is 51.6 Å². The third-order valence-electron chi connectivity index (χ3n) is 2.92. The first-order valence-electron chi connectivity index (χ1n) is 5.97. The van der Waals surface area contributed by atoms with E-state index in [0.29, 0.717) is 5.02 Å². The summed E-state index contributed by atoms with van der Waals surface area (Å²) in [5.74, 6) is 0.852. The number of rotatable bonds is 3. The lowest BCUT2D eigenvalue weighted by molar-refractivity contribution is 0.414. The summed E-state index contributed by atoms with van der Waals surface area (Å²) in [6.07, 6.45) is 0. The molecule has 0 radical (unpaired) electrons. The second-order valence-corrected chi connectivity index (χ2v) is 7.05. The first kappa shape index (κ1) is 13.6. The van der Waals surface area contributed by atoms with Gasteiger partial charge < -0.3 is 10.5 Å². The second kappa shape index (κ2) is 5.56. The van der Waals surface area contributed by atoms with Crippen LogP contribution < -0.4 is 10.5 Å². The zero-order valence-electron chi connectivity index (χ0n) is 10.7. The molecule has 2 nitrogen and oxygen atoms in total. The van der Waals surface area contributed by atoms with E-state index in [2.05, 4.69) is 0 Å². The standard InChI is InChI=1S/C15H12ClNOS2/c1-18-10-3-5-11(6-4-10)19-15-14(17)12-8-9(16)2-7-13(12)20-15/h2-8H,17H2,1H3. The summed E-state index contributed by atoms with van der Waals surface area (Å²) in [7, 11) is 1.66. The van der Waals surface area contributed by atoms with E-state index in [1.165, 1.54) is 0 Å². The number of nitrogens with two attached hydrogens (primary N) is 1. The molecule has 0 fully saturated rings. The molecule has 2 aromatic carbocycles. The van der Waals surface area contributed by atoms with Gasteiger partial charge in [-0.15, -0.1) is 11.3 Å². The summed E-state index contributed by atoms with van der Waals surface area (Å²) in [5.41, 5.74) is 7.02. The van der Waals surface area contributed by atoms with Crippen LogP contribution in [0.3, 0.4) is 0 Å². The topological polar surface area (TPSA) is 35.2 Å². The Bertz CT molecular complexity index is 752. The van der Waals surface area contributed by atoms with Crippen molar-refractivity contribution in [3.8, 4) is 5.75 Å². The van der Waals surface area contributed by atoms with Crippen LogP contribution in [0.4, 0.5) is 5.69 Å². The molecule has 0 spiro atoms. The number of anilines is 1. The highest BCUT2D eigenvalue weighted by Crippen LogP contribution is 2.44. The fourth-order valence-electron chi connectivity index (χ4n) is 1.89. The minimum absolute atomic E-state index is 0.711. The van der Waals surface area contributed by atoms with Gasteiger partial charge in [-0.2, -0.15) is 0 Å². The molecule has 0 saturated heterocycles. The van der Waals surface area contributed by atoms with Crippen molar-refractivity contribution in [3.63, 3.8) is 0 Å². The number of hydrogen-bond donors (Lipinski definition) is 1. The van der Waals surface area contributed by atoms with E-state index in [0.717, 1.165) is 30.6 Å². The van der Waals surface area contributed by atoms with Gasteiger partial charge in [0.15, 0.2) is 0 Å². The van der Waals surface area contributed by atoms with E-state index in [1.54, 1.807) is 30.2 Å². The second-order valence-electron chi connectivity index (χ2n) is 4.22. The van der Waals surface area contributed by atoms with Gasteiger partial charge in [-0.3, -0.25) is 0 Å². The lowest BCUT2D eigenvalue weighted by Gasteiger charge is -2.02. The number of thiophene rings is 1. The van der Waals surface area contributed by atoms with Crippen molar-refractivity contribution < 1.29 is 4.74 Å². The molecule has 20 heavy (non-hydrogen) atoms. The normalized spacial score (nSPS) is 10.9. The molecule has 3 aromatic rings. The molecular weight excluding hydrogens is 310 g/mol. The molecule has 0 amide bonds. The van der Waals surface area contributed by atoms with E-state index in [-0.39, 0.29) is 0 Å². The van der Waals surface area contributed by atoms with Crippen molar-refractivity contribution in [1.29, 1.82) is 0 Å². The zero-order chi connectivity index (χ0) is 14.1. The van der Waals surface area contributed by atoms with E-state index in [4.69, 9.17) is 22.1 Å². The van der Waals surface area contributed by atoms with Gasteiger partial charge in [0.25, 0.3) is 0 Å².